The van der Waals surface area contributed by atoms with Gasteiger partial charge in [-0.1, -0.05) is 47.3 Å². The summed E-state index contributed by atoms with van der Waals surface area (Å²) in [6.45, 7) is 9.02. The lowest BCUT2D eigenvalue weighted by molar-refractivity contribution is -0.135. The molecule has 2 saturated heterocycles. The zero-order chi connectivity index (χ0) is 38.7. The standard InChI is InChI=1S/C41H50BrN7O6/c1-28(30-10-9-11-31(42)24-30)43-40-34-25-36(53-3)37(26-35(34)44-29(2)45-40)54-23-8-6-4-5-7-17-47-19-21-48(22-20-47)39(51)27-55-33-14-12-32(13-15-33)49-18-16-38(50)46-41(49)52/h9-15,24-26,28H,4-8,16-23,27H2,1-3H3,(H,43,44,45)(H,46,50,52)/t28-/m1/s1. The Morgan fingerprint density at radius 2 is 1.67 bits per heavy atom. The lowest BCUT2D eigenvalue weighted by atomic mass is 10.1. The van der Waals surface area contributed by atoms with Gasteiger partial charge in [-0.2, -0.15) is 0 Å². The number of amides is 4. The summed E-state index contributed by atoms with van der Waals surface area (Å²) in [4.78, 5) is 51.5. The number of piperazine rings is 1. The number of urea groups is 1. The molecule has 0 aliphatic carbocycles. The molecule has 0 spiro atoms. The van der Waals surface area contributed by atoms with Crippen LogP contribution in [0.3, 0.4) is 0 Å². The number of aryl methyl sites for hydroxylation is 1. The summed E-state index contributed by atoms with van der Waals surface area (Å²) in [5, 5.41) is 6.75. The number of fused-ring (bicyclic) bond motifs is 1. The number of hydrogen-bond donors (Lipinski definition) is 2. The molecular formula is C41H50BrN7O6. The fourth-order valence-electron chi connectivity index (χ4n) is 6.84. The largest absolute Gasteiger partial charge is 0.493 e. The van der Waals surface area contributed by atoms with Crippen LogP contribution in [0.5, 0.6) is 17.2 Å². The van der Waals surface area contributed by atoms with Crippen molar-refractivity contribution in [2.45, 2.75) is 58.4 Å². The number of unbranched alkanes of at least 4 members (excludes halogenated alkanes) is 4. The van der Waals surface area contributed by atoms with Gasteiger partial charge in [-0.3, -0.25) is 24.7 Å². The van der Waals surface area contributed by atoms with Gasteiger partial charge in [0.1, 0.15) is 17.4 Å². The number of aromatic nitrogens is 2. The number of ether oxygens (including phenoxy) is 3. The zero-order valence-corrected chi connectivity index (χ0v) is 33.4. The number of rotatable bonds is 17. The van der Waals surface area contributed by atoms with Gasteiger partial charge in [-0.25, -0.2) is 14.8 Å². The van der Waals surface area contributed by atoms with E-state index in [0.717, 1.165) is 78.5 Å². The number of methoxy groups -OCH3 is 1. The third-order valence-corrected chi connectivity index (χ3v) is 10.5. The van der Waals surface area contributed by atoms with E-state index in [1.165, 1.54) is 4.90 Å². The van der Waals surface area contributed by atoms with Crippen LogP contribution in [-0.4, -0.2) is 97.2 Å². The van der Waals surface area contributed by atoms with Crippen LogP contribution in [0.25, 0.3) is 10.9 Å². The number of anilines is 2. The Labute approximate surface area is 330 Å². The van der Waals surface area contributed by atoms with E-state index in [0.29, 0.717) is 55.0 Å². The van der Waals surface area contributed by atoms with Gasteiger partial charge >= 0.3 is 6.03 Å². The van der Waals surface area contributed by atoms with Gasteiger partial charge in [0, 0.05) is 60.8 Å². The van der Waals surface area contributed by atoms with Gasteiger partial charge in [-0.15, -0.1) is 0 Å². The van der Waals surface area contributed by atoms with E-state index < -0.39 is 6.03 Å². The number of imide groups is 1. The topological polar surface area (TPSA) is 138 Å². The van der Waals surface area contributed by atoms with Crippen molar-refractivity contribution >= 4 is 56.2 Å². The highest BCUT2D eigenvalue weighted by molar-refractivity contribution is 9.10. The second kappa shape index (κ2) is 19.1. The molecule has 2 aliphatic rings. The summed E-state index contributed by atoms with van der Waals surface area (Å²) in [6, 6.07) is 18.7. The number of hydrogen-bond acceptors (Lipinski definition) is 10. The molecule has 2 fully saturated rings. The second-order valence-electron chi connectivity index (χ2n) is 13.9. The van der Waals surface area contributed by atoms with Crippen LogP contribution < -0.4 is 29.7 Å². The number of carbonyl (C=O) groups is 3. The highest BCUT2D eigenvalue weighted by Crippen LogP contribution is 2.35. The first-order valence-electron chi connectivity index (χ1n) is 19.0. The van der Waals surface area contributed by atoms with E-state index >= 15 is 0 Å². The van der Waals surface area contributed by atoms with E-state index in [1.54, 1.807) is 31.4 Å². The molecule has 14 heteroatoms. The maximum absolute atomic E-state index is 12.8. The molecule has 55 heavy (non-hydrogen) atoms. The first-order chi connectivity index (χ1) is 26.7. The van der Waals surface area contributed by atoms with Crippen molar-refractivity contribution in [1.29, 1.82) is 0 Å². The lowest BCUT2D eigenvalue weighted by Crippen LogP contribution is -2.50. The minimum absolute atomic E-state index is 0.0328. The summed E-state index contributed by atoms with van der Waals surface area (Å²) in [5.41, 5.74) is 2.62. The van der Waals surface area contributed by atoms with Crippen LogP contribution in [0, 0.1) is 6.92 Å². The summed E-state index contributed by atoms with van der Waals surface area (Å²) in [6.07, 6.45) is 5.70. The molecule has 292 valence electrons. The number of halogens is 1. The molecule has 2 N–H and O–H groups in total. The first kappa shape index (κ1) is 39.7. The minimum atomic E-state index is -0.432. The number of carbonyl (C=O) groups excluding carboxylic acids is 3. The Morgan fingerprint density at radius 3 is 2.42 bits per heavy atom. The second-order valence-corrected chi connectivity index (χ2v) is 14.9. The van der Waals surface area contributed by atoms with Crippen molar-refractivity contribution in [3.8, 4) is 17.2 Å². The molecule has 13 nitrogen and oxygen atoms in total. The summed E-state index contributed by atoms with van der Waals surface area (Å²) < 4.78 is 18.7. The number of benzene rings is 3. The molecule has 2 aliphatic heterocycles. The predicted octanol–water partition coefficient (Wildman–Crippen LogP) is 6.88. The Hall–Kier alpha value is -4.95. The van der Waals surface area contributed by atoms with Crippen molar-refractivity contribution in [1.82, 2.24) is 25.1 Å². The molecule has 0 unspecified atom stereocenters. The van der Waals surface area contributed by atoms with Gasteiger partial charge in [0.25, 0.3) is 5.91 Å². The molecule has 1 atom stereocenters. The van der Waals surface area contributed by atoms with Crippen molar-refractivity contribution < 1.29 is 28.6 Å². The quantitative estimate of drug-likeness (QED) is 0.109. The molecule has 0 bridgehead atoms. The van der Waals surface area contributed by atoms with Crippen LogP contribution >= 0.6 is 15.9 Å². The molecule has 3 aromatic carbocycles. The van der Waals surface area contributed by atoms with E-state index in [9.17, 15) is 14.4 Å². The van der Waals surface area contributed by atoms with Crippen LogP contribution in [0.4, 0.5) is 16.3 Å². The molecule has 0 radical (unpaired) electrons. The predicted molar refractivity (Wildman–Crippen MR) is 216 cm³/mol. The van der Waals surface area contributed by atoms with E-state index in [1.807, 2.05) is 36.1 Å². The SMILES string of the molecule is COc1cc2c(N[C@H](C)c3cccc(Br)c3)nc(C)nc2cc1OCCCCCCCN1CCN(C(=O)COc2ccc(N3CCC(=O)NC3=O)cc2)CC1. The maximum atomic E-state index is 12.8. The van der Waals surface area contributed by atoms with Gasteiger partial charge in [0.05, 0.1) is 25.3 Å². The third kappa shape index (κ3) is 10.8. The van der Waals surface area contributed by atoms with Gasteiger partial charge in [0.2, 0.25) is 5.91 Å². The summed E-state index contributed by atoms with van der Waals surface area (Å²) >= 11 is 3.56. The molecule has 4 amide bonds. The highest BCUT2D eigenvalue weighted by atomic mass is 79.9. The third-order valence-electron chi connectivity index (χ3n) is 9.96. The zero-order valence-electron chi connectivity index (χ0n) is 31.8. The lowest BCUT2D eigenvalue weighted by Gasteiger charge is -2.34. The van der Waals surface area contributed by atoms with Crippen molar-refractivity contribution in [2.24, 2.45) is 0 Å². The molecule has 3 heterocycles. The first-order valence-corrected chi connectivity index (χ1v) is 19.8. The monoisotopic (exact) mass is 815 g/mol. The Morgan fingerprint density at radius 1 is 0.909 bits per heavy atom. The van der Waals surface area contributed by atoms with Crippen LogP contribution in [0.2, 0.25) is 0 Å². The Bertz CT molecular complexity index is 1950. The number of nitrogens with one attached hydrogen (secondary N) is 2. The van der Waals surface area contributed by atoms with E-state index in [4.69, 9.17) is 24.2 Å². The van der Waals surface area contributed by atoms with Crippen molar-refractivity contribution in [2.75, 3.05) is 69.8 Å². The Kier molecular flexibility index (Phi) is 13.8. The van der Waals surface area contributed by atoms with Gasteiger partial charge in [0.15, 0.2) is 18.1 Å². The highest BCUT2D eigenvalue weighted by Gasteiger charge is 2.25. The molecule has 6 rings (SSSR count). The smallest absolute Gasteiger partial charge is 0.328 e. The van der Waals surface area contributed by atoms with E-state index in [-0.39, 0.29) is 30.9 Å². The summed E-state index contributed by atoms with van der Waals surface area (Å²) in [5.74, 6) is 3.03. The molecule has 1 aromatic heterocycles. The van der Waals surface area contributed by atoms with Crippen LogP contribution in [-0.2, 0) is 9.59 Å². The maximum Gasteiger partial charge on any atom is 0.328 e. The van der Waals surface area contributed by atoms with E-state index in [2.05, 4.69) is 50.5 Å². The average molecular weight is 817 g/mol. The fourth-order valence-corrected chi connectivity index (χ4v) is 7.26. The normalized spacial score (nSPS) is 15.5. The Balaban J connectivity index is 0.856. The van der Waals surface area contributed by atoms with Crippen LogP contribution in [0.15, 0.2) is 65.1 Å². The fraction of sp³-hybridized carbons (Fsp3) is 0.439. The molecule has 0 saturated carbocycles. The van der Waals surface area contributed by atoms with Crippen molar-refractivity contribution in [3.63, 3.8) is 0 Å². The molecule has 4 aromatic rings. The minimum Gasteiger partial charge on any atom is -0.493 e. The van der Waals surface area contributed by atoms with Crippen molar-refractivity contribution in [3.05, 3.63) is 76.5 Å². The van der Waals surface area contributed by atoms with Crippen LogP contribution in [0.1, 0.15) is 62.9 Å². The summed E-state index contributed by atoms with van der Waals surface area (Å²) in [7, 11) is 1.65. The van der Waals surface area contributed by atoms with Gasteiger partial charge < -0.3 is 24.4 Å². The van der Waals surface area contributed by atoms with Gasteiger partial charge in [-0.05, 0) is 81.3 Å². The number of nitrogens with zero attached hydrogens (tertiary/aromatic N) is 5. The average Bonchev–Trinajstić information content (AvgIpc) is 3.18. The molecular weight excluding hydrogens is 766 g/mol.